The van der Waals surface area contributed by atoms with Crippen molar-refractivity contribution in [1.29, 1.82) is 0 Å². The van der Waals surface area contributed by atoms with Crippen molar-refractivity contribution in [3.05, 3.63) is 47.4 Å². The lowest BCUT2D eigenvalue weighted by Crippen LogP contribution is -2.04. The first-order valence-electron chi connectivity index (χ1n) is 6.46. The number of methoxy groups -OCH3 is 1. The highest BCUT2D eigenvalue weighted by Gasteiger charge is 2.17. The van der Waals surface area contributed by atoms with Gasteiger partial charge >= 0.3 is 5.97 Å². The summed E-state index contributed by atoms with van der Waals surface area (Å²) in [6.45, 7) is 0.833. The van der Waals surface area contributed by atoms with Gasteiger partial charge in [0, 0.05) is 12.6 Å². The Morgan fingerprint density at radius 1 is 1.38 bits per heavy atom. The number of benzene rings is 1. The molecule has 2 aromatic rings. The Kier molecular flexibility index (Phi) is 3.43. The van der Waals surface area contributed by atoms with E-state index in [0.29, 0.717) is 5.75 Å². The van der Waals surface area contributed by atoms with Crippen molar-refractivity contribution in [2.75, 3.05) is 19.0 Å². The standard InChI is InChI=1S/C15H13FN2O3/c1-20-15(19)12-3-2-10(16)7-13(12)21-11-6-9-4-5-17-14(9)18-8-11/h2-3,6-8H,4-5H2,1H3,(H,17,18). The average molecular weight is 288 g/mol. The largest absolute Gasteiger partial charge is 0.465 e. The second-order valence-electron chi connectivity index (χ2n) is 4.59. The Morgan fingerprint density at radius 2 is 2.24 bits per heavy atom. The number of aromatic nitrogens is 1. The molecule has 21 heavy (non-hydrogen) atoms. The van der Waals surface area contributed by atoms with Crippen LogP contribution in [0, 0.1) is 5.82 Å². The van der Waals surface area contributed by atoms with Gasteiger partial charge in [0.05, 0.1) is 13.3 Å². The van der Waals surface area contributed by atoms with Crippen LogP contribution in [0.15, 0.2) is 30.5 Å². The van der Waals surface area contributed by atoms with Gasteiger partial charge in [-0.05, 0) is 30.2 Å². The van der Waals surface area contributed by atoms with E-state index in [-0.39, 0.29) is 11.3 Å². The van der Waals surface area contributed by atoms with E-state index in [2.05, 4.69) is 15.0 Å². The Bertz CT molecular complexity index is 703. The summed E-state index contributed by atoms with van der Waals surface area (Å²) in [5, 5.41) is 3.14. The van der Waals surface area contributed by atoms with Gasteiger partial charge in [-0.1, -0.05) is 0 Å². The minimum atomic E-state index is -0.583. The van der Waals surface area contributed by atoms with Crippen molar-refractivity contribution < 1.29 is 18.7 Å². The van der Waals surface area contributed by atoms with E-state index in [9.17, 15) is 9.18 Å². The van der Waals surface area contributed by atoms with E-state index in [0.717, 1.165) is 30.4 Å². The first kappa shape index (κ1) is 13.4. The molecule has 0 bridgehead atoms. The van der Waals surface area contributed by atoms with Gasteiger partial charge in [-0.15, -0.1) is 0 Å². The molecule has 0 amide bonds. The molecule has 1 aliphatic rings. The highest BCUT2D eigenvalue weighted by molar-refractivity contribution is 5.92. The molecular weight excluding hydrogens is 275 g/mol. The molecule has 0 saturated carbocycles. The molecule has 0 aliphatic carbocycles. The summed E-state index contributed by atoms with van der Waals surface area (Å²) in [7, 11) is 1.26. The molecule has 1 aromatic heterocycles. The van der Waals surface area contributed by atoms with Crippen LogP contribution in [0.1, 0.15) is 15.9 Å². The number of carbonyl (C=O) groups is 1. The van der Waals surface area contributed by atoms with Gasteiger partial charge in [-0.3, -0.25) is 0 Å². The molecule has 0 saturated heterocycles. The topological polar surface area (TPSA) is 60.5 Å². The van der Waals surface area contributed by atoms with Gasteiger partial charge in [-0.2, -0.15) is 0 Å². The molecule has 6 heteroatoms. The minimum absolute atomic E-state index is 0.106. The third kappa shape index (κ3) is 2.65. The van der Waals surface area contributed by atoms with Crippen LogP contribution in [0.4, 0.5) is 10.2 Å². The smallest absolute Gasteiger partial charge is 0.341 e. The number of hydrogen-bond acceptors (Lipinski definition) is 5. The second-order valence-corrected chi connectivity index (χ2v) is 4.59. The van der Waals surface area contributed by atoms with E-state index in [4.69, 9.17) is 4.74 Å². The molecular formula is C15H13FN2O3. The predicted molar refractivity (Wildman–Crippen MR) is 74.2 cm³/mol. The molecule has 108 valence electrons. The molecule has 2 heterocycles. The number of carbonyl (C=O) groups excluding carboxylic acids is 1. The van der Waals surface area contributed by atoms with Gasteiger partial charge in [0.15, 0.2) is 0 Å². The number of hydrogen-bond donors (Lipinski definition) is 1. The summed E-state index contributed by atoms with van der Waals surface area (Å²) in [5.74, 6) is 0.312. The van der Waals surface area contributed by atoms with E-state index in [1.807, 2.05) is 6.07 Å². The zero-order valence-electron chi connectivity index (χ0n) is 11.4. The normalized spacial score (nSPS) is 12.5. The van der Waals surface area contributed by atoms with E-state index in [1.54, 1.807) is 0 Å². The fourth-order valence-corrected chi connectivity index (χ4v) is 2.20. The maximum absolute atomic E-state index is 13.4. The number of rotatable bonds is 3. The minimum Gasteiger partial charge on any atom is -0.465 e. The molecule has 0 spiro atoms. The maximum Gasteiger partial charge on any atom is 0.341 e. The summed E-state index contributed by atoms with van der Waals surface area (Å²) in [4.78, 5) is 15.9. The second kappa shape index (κ2) is 5.40. The molecule has 0 radical (unpaired) electrons. The summed E-state index contributed by atoms with van der Waals surface area (Å²) < 4.78 is 23.6. The summed E-state index contributed by atoms with van der Waals surface area (Å²) in [5.41, 5.74) is 1.20. The van der Waals surface area contributed by atoms with Crippen molar-refractivity contribution in [3.63, 3.8) is 0 Å². The van der Waals surface area contributed by atoms with Crippen LogP contribution in [0.2, 0.25) is 0 Å². The van der Waals surface area contributed by atoms with Crippen LogP contribution in [0.5, 0.6) is 11.5 Å². The highest BCUT2D eigenvalue weighted by atomic mass is 19.1. The van der Waals surface area contributed by atoms with Crippen molar-refractivity contribution in [1.82, 2.24) is 4.98 Å². The lowest BCUT2D eigenvalue weighted by atomic mass is 10.2. The molecule has 1 N–H and O–H groups in total. The number of halogens is 1. The Labute approximate surface area is 120 Å². The quantitative estimate of drug-likeness (QED) is 0.880. The van der Waals surface area contributed by atoms with E-state index < -0.39 is 11.8 Å². The number of esters is 1. The summed E-state index contributed by atoms with van der Waals surface area (Å²) >= 11 is 0. The maximum atomic E-state index is 13.4. The van der Waals surface area contributed by atoms with Crippen LogP contribution in [-0.4, -0.2) is 24.6 Å². The molecule has 3 rings (SSSR count). The molecule has 1 aliphatic heterocycles. The first-order valence-corrected chi connectivity index (χ1v) is 6.46. The molecule has 0 unspecified atom stereocenters. The molecule has 5 nitrogen and oxygen atoms in total. The molecule has 1 aromatic carbocycles. The summed E-state index contributed by atoms with van der Waals surface area (Å²) in [6, 6.07) is 5.49. The van der Waals surface area contributed by atoms with Crippen molar-refractivity contribution in [2.45, 2.75) is 6.42 Å². The molecule has 0 atom stereocenters. The Morgan fingerprint density at radius 3 is 3.05 bits per heavy atom. The fraction of sp³-hybridized carbons (Fsp3) is 0.200. The lowest BCUT2D eigenvalue weighted by molar-refractivity contribution is 0.0598. The van der Waals surface area contributed by atoms with Crippen LogP contribution in [0.3, 0.4) is 0 Å². The number of pyridine rings is 1. The van der Waals surface area contributed by atoms with Gasteiger partial charge in [0.2, 0.25) is 0 Å². The van der Waals surface area contributed by atoms with E-state index >= 15 is 0 Å². The van der Waals surface area contributed by atoms with E-state index in [1.165, 1.54) is 25.4 Å². The zero-order valence-corrected chi connectivity index (χ0v) is 11.4. The van der Waals surface area contributed by atoms with Gasteiger partial charge < -0.3 is 14.8 Å². The number of nitrogens with zero attached hydrogens (tertiary/aromatic N) is 1. The number of nitrogens with one attached hydrogen (secondary N) is 1. The van der Waals surface area contributed by atoms with Crippen LogP contribution in [0.25, 0.3) is 0 Å². The van der Waals surface area contributed by atoms with Gasteiger partial charge in [0.1, 0.15) is 28.7 Å². The monoisotopic (exact) mass is 288 g/mol. The van der Waals surface area contributed by atoms with Gasteiger partial charge in [0.25, 0.3) is 0 Å². The van der Waals surface area contributed by atoms with Crippen LogP contribution in [-0.2, 0) is 11.2 Å². The van der Waals surface area contributed by atoms with Gasteiger partial charge in [-0.25, -0.2) is 14.2 Å². The number of fused-ring (bicyclic) bond motifs is 1. The van der Waals surface area contributed by atoms with Crippen molar-refractivity contribution in [3.8, 4) is 11.5 Å². The van der Waals surface area contributed by atoms with Crippen molar-refractivity contribution >= 4 is 11.8 Å². The first-order chi connectivity index (χ1) is 10.2. The number of anilines is 1. The third-order valence-electron chi connectivity index (χ3n) is 3.21. The Balaban J connectivity index is 1.94. The SMILES string of the molecule is COC(=O)c1ccc(F)cc1Oc1cnc2c(c1)CCN2. The zero-order chi connectivity index (χ0) is 14.8. The highest BCUT2D eigenvalue weighted by Crippen LogP contribution is 2.30. The average Bonchev–Trinajstić information content (AvgIpc) is 2.94. The van der Waals surface area contributed by atoms with Crippen molar-refractivity contribution in [2.24, 2.45) is 0 Å². The van der Waals surface area contributed by atoms with Crippen LogP contribution < -0.4 is 10.1 Å². The molecule has 0 fully saturated rings. The lowest BCUT2D eigenvalue weighted by Gasteiger charge is -2.10. The van der Waals surface area contributed by atoms with Crippen LogP contribution >= 0.6 is 0 Å². The number of ether oxygens (including phenoxy) is 2. The fourth-order valence-electron chi connectivity index (χ4n) is 2.20. The third-order valence-corrected chi connectivity index (χ3v) is 3.21. The summed E-state index contributed by atoms with van der Waals surface area (Å²) in [6.07, 6.45) is 2.38. The Hall–Kier alpha value is -2.63. The predicted octanol–water partition coefficient (Wildman–Crippen LogP) is 2.77.